The molecule has 1 saturated heterocycles. The predicted molar refractivity (Wildman–Crippen MR) is 123 cm³/mol. The molecule has 1 aliphatic carbocycles. The number of aromatic nitrogens is 1. The Morgan fingerprint density at radius 1 is 1.25 bits per heavy atom. The second kappa shape index (κ2) is 10.1. The van der Waals surface area contributed by atoms with E-state index in [4.69, 9.17) is 13.9 Å². The van der Waals surface area contributed by atoms with Crippen LogP contribution >= 0.6 is 11.8 Å². The molecule has 7 nitrogen and oxygen atoms in total. The molecule has 1 aromatic heterocycles. The number of hydrogen-bond donors (Lipinski definition) is 0. The summed E-state index contributed by atoms with van der Waals surface area (Å²) in [6, 6.07) is 7.65. The average molecular weight is 459 g/mol. The molecule has 1 unspecified atom stereocenters. The molecule has 32 heavy (non-hydrogen) atoms. The Labute approximate surface area is 192 Å². The molecule has 8 heteroatoms. The Hall–Kier alpha value is -2.32. The number of benzene rings is 1. The summed E-state index contributed by atoms with van der Waals surface area (Å²) in [5.41, 5.74) is 1.69. The molecule has 0 radical (unpaired) electrons. The van der Waals surface area contributed by atoms with Gasteiger partial charge in [0.1, 0.15) is 17.2 Å². The van der Waals surface area contributed by atoms with Crippen molar-refractivity contribution >= 4 is 22.9 Å². The van der Waals surface area contributed by atoms with Crippen LogP contribution in [0.2, 0.25) is 0 Å². The summed E-state index contributed by atoms with van der Waals surface area (Å²) in [5.74, 6) is 2.56. The minimum atomic E-state index is -0.221. The van der Waals surface area contributed by atoms with Crippen molar-refractivity contribution in [3.8, 4) is 17.2 Å². The number of oxazole rings is 1. The highest BCUT2D eigenvalue weighted by atomic mass is 32.2. The molecule has 1 aromatic carbocycles. The smallest absolute Gasteiger partial charge is 0.288 e. The van der Waals surface area contributed by atoms with Gasteiger partial charge in [-0.2, -0.15) is 0 Å². The molecule has 172 valence electrons. The fourth-order valence-corrected chi connectivity index (χ4v) is 5.42. The number of amides is 2. The fraction of sp³-hybridized carbons (Fsp3) is 0.542. The van der Waals surface area contributed by atoms with E-state index >= 15 is 0 Å². The van der Waals surface area contributed by atoms with E-state index in [0.29, 0.717) is 18.4 Å². The number of thioether (sulfide) groups is 1. The highest BCUT2D eigenvalue weighted by molar-refractivity contribution is 8.15. The van der Waals surface area contributed by atoms with Crippen LogP contribution in [0.15, 0.2) is 28.7 Å². The Bertz CT molecular complexity index is 975. The number of ether oxygens (including phenoxy) is 2. The van der Waals surface area contributed by atoms with Gasteiger partial charge in [-0.1, -0.05) is 30.7 Å². The van der Waals surface area contributed by atoms with Gasteiger partial charge in [0.05, 0.1) is 25.1 Å². The van der Waals surface area contributed by atoms with E-state index in [0.717, 1.165) is 73.1 Å². The van der Waals surface area contributed by atoms with Crippen molar-refractivity contribution < 1.29 is 23.5 Å². The Kier molecular flexibility index (Phi) is 7.20. The highest BCUT2D eigenvalue weighted by Crippen LogP contribution is 2.35. The molecule has 3 atom stereocenters. The minimum absolute atomic E-state index is 0.0584. The van der Waals surface area contributed by atoms with Gasteiger partial charge < -0.3 is 13.9 Å². The molecular formula is C24H30N2O5S. The standard InChI is InChI=1S/C24H30N2O5S/c1-15-20(25-22(31-15)17-7-5-8-18(13-17)29-3)14-30-19-9-4-6-16(12-19)10-11-21-23(27)26(2)24(28)32-21/h5,7-8,13,16,19,21H,4,6,9-12,14H2,1-3H3/t16-,19-,21?/m0/s1. The van der Waals surface area contributed by atoms with E-state index in [2.05, 4.69) is 4.98 Å². The highest BCUT2D eigenvalue weighted by Gasteiger charge is 2.37. The predicted octanol–water partition coefficient (Wildman–Crippen LogP) is 5.21. The Balaban J connectivity index is 1.29. The van der Waals surface area contributed by atoms with Gasteiger partial charge in [0.25, 0.3) is 5.24 Å². The molecule has 2 aliphatic rings. The van der Waals surface area contributed by atoms with Crippen LogP contribution in [0.4, 0.5) is 4.79 Å². The largest absolute Gasteiger partial charge is 0.497 e. The number of methoxy groups -OCH3 is 1. The van der Waals surface area contributed by atoms with Crippen molar-refractivity contribution in [3.05, 3.63) is 35.7 Å². The Morgan fingerprint density at radius 3 is 2.84 bits per heavy atom. The summed E-state index contributed by atoms with van der Waals surface area (Å²) >= 11 is 1.16. The molecule has 0 N–H and O–H groups in total. The third kappa shape index (κ3) is 5.18. The van der Waals surface area contributed by atoms with Gasteiger partial charge in [0.2, 0.25) is 11.8 Å². The zero-order chi connectivity index (χ0) is 22.7. The Morgan fingerprint density at radius 2 is 2.09 bits per heavy atom. The van der Waals surface area contributed by atoms with E-state index in [-0.39, 0.29) is 22.5 Å². The summed E-state index contributed by atoms with van der Waals surface area (Å²) in [4.78, 5) is 29.7. The molecule has 2 heterocycles. The van der Waals surface area contributed by atoms with Crippen LogP contribution < -0.4 is 4.74 Å². The van der Waals surface area contributed by atoms with Crippen LogP contribution in [0, 0.1) is 12.8 Å². The van der Waals surface area contributed by atoms with E-state index in [9.17, 15) is 9.59 Å². The number of imide groups is 1. The lowest BCUT2D eigenvalue weighted by Gasteiger charge is -2.29. The van der Waals surface area contributed by atoms with Crippen molar-refractivity contribution in [2.24, 2.45) is 5.92 Å². The topological polar surface area (TPSA) is 81.9 Å². The van der Waals surface area contributed by atoms with Gasteiger partial charge in [-0.15, -0.1) is 0 Å². The average Bonchev–Trinajstić information content (AvgIpc) is 3.30. The quantitative estimate of drug-likeness (QED) is 0.537. The van der Waals surface area contributed by atoms with Crippen LogP contribution in [0.1, 0.15) is 50.0 Å². The number of aryl methyl sites for hydroxylation is 1. The van der Waals surface area contributed by atoms with Crippen LogP contribution in [0.25, 0.3) is 11.5 Å². The molecule has 4 rings (SSSR count). The van der Waals surface area contributed by atoms with Crippen LogP contribution in [-0.2, 0) is 16.1 Å². The molecular weight excluding hydrogens is 428 g/mol. The van der Waals surface area contributed by atoms with Crippen LogP contribution in [0.3, 0.4) is 0 Å². The van der Waals surface area contributed by atoms with Gasteiger partial charge in [-0.05, 0) is 56.7 Å². The maximum absolute atomic E-state index is 12.1. The second-order valence-corrected chi connectivity index (χ2v) is 9.72. The number of carbonyl (C=O) groups is 2. The van der Waals surface area contributed by atoms with Gasteiger partial charge in [-0.3, -0.25) is 14.5 Å². The normalized spacial score (nSPS) is 23.7. The summed E-state index contributed by atoms with van der Waals surface area (Å²) in [7, 11) is 3.20. The van der Waals surface area contributed by atoms with Gasteiger partial charge in [-0.25, -0.2) is 4.98 Å². The van der Waals surface area contributed by atoms with Gasteiger partial charge >= 0.3 is 0 Å². The van der Waals surface area contributed by atoms with E-state index in [1.807, 2.05) is 31.2 Å². The fourth-order valence-electron chi connectivity index (χ4n) is 4.42. The van der Waals surface area contributed by atoms with Crippen molar-refractivity contribution in [1.29, 1.82) is 0 Å². The van der Waals surface area contributed by atoms with Crippen molar-refractivity contribution in [1.82, 2.24) is 9.88 Å². The summed E-state index contributed by atoms with van der Waals surface area (Å²) in [5, 5.41) is -0.359. The first kappa shape index (κ1) is 22.9. The first-order valence-corrected chi connectivity index (χ1v) is 12.0. The lowest BCUT2D eigenvalue weighted by molar-refractivity contribution is -0.125. The van der Waals surface area contributed by atoms with Gasteiger partial charge in [0.15, 0.2) is 0 Å². The number of carbonyl (C=O) groups excluding carboxylic acids is 2. The molecule has 1 aliphatic heterocycles. The lowest BCUT2D eigenvalue weighted by atomic mass is 9.84. The van der Waals surface area contributed by atoms with Gasteiger partial charge in [0, 0.05) is 12.6 Å². The minimum Gasteiger partial charge on any atom is -0.497 e. The zero-order valence-electron chi connectivity index (χ0n) is 18.8. The van der Waals surface area contributed by atoms with E-state index < -0.39 is 0 Å². The molecule has 0 bridgehead atoms. The van der Waals surface area contributed by atoms with Crippen LogP contribution in [0.5, 0.6) is 5.75 Å². The first-order valence-electron chi connectivity index (χ1n) is 11.1. The molecule has 2 fully saturated rings. The summed E-state index contributed by atoms with van der Waals surface area (Å²) in [6.45, 7) is 2.33. The number of hydrogen-bond acceptors (Lipinski definition) is 7. The summed E-state index contributed by atoms with van der Waals surface area (Å²) in [6.07, 6.45) is 6.17. The first-order chi connectivity index (χ1) is 15.4. The SMILES string of the molecule is COc1cccc(-c2nc(CO[C@H]3CCC[C@@H](CCC4SC(=O)N(C)C4=O)C3)c(C)o2)c1. The third-order valence-corrected chi connectivity index (χ3v) is 7.56. The zero-order valence-corrected chi connectivity index (χ0v) is 19.7. The van der Waals surface area contributed by atoms with Crippen LogP contribution in [-0.4, -0.2) is 46.5 Å². The molecule has 2 aromatic rings. The van der Waals surface area contributed by atoms with Crippen molar-refractivity contribution in [2.45, 2.75) is 63.4 Å². The summed E-state index contributed by atoms with van der Waals surface area (Å²) < 4.78 is 17.4. The maximum Gasteiger partial charge on any atom is 0.288 e. The van der Waals surface area contributed by atoms with Crippen molar-refractivity contribution in [2.75, 3.05) is 14.2 Å². The maximum atomic E-state index is 12.1. The van der Waals surface area contributed by atoms with Crippen molar-refractivity contribution in [3.63, 3.8) is 0 Å². The molecule has 1 saturated carbocycles. The number of rotatable bonds is 8. The number of nitrogens with zero attached hydrogens (tertiary/aromatic N) is 2. The second-order valence-electron chi connectivity index (χ2n) is 8.57. The molecule has 0 spiro atoms. The lowest BCUT2D eigenvalue weighted by Crippen LogP contribution is -2.28. The van der Waals surface area contributed by atoms with E-state index in [1.165, 1.54) is 4.90 Å². The third-order valence-electron chi connectivity index (χ3n) is 6.36. The monoisotopic (exact) mass is 458 g/mol. The molecule has 2 amide bonds. The van der Waals surface area contributed by atoms with E-state index in [1.54, 1.807) is 14.2 Å².